The molecule has 0 aromatic heterocycles. The molecular weight excluding hydrogens is 276 g/mol. The summed E-state index contributed by atoms with van der Waals surface area (Å²) < 4.78 is 9.88. The molecule has 1 aromatic rings. The highest BCUT2D eigenvalue weighted by molar-refractivity contribution is 5.86. The lowest BCUT2D eigenvalue weighted by Gasteiger charge is -2.18. The van der Waals surface area contributed by atoms with Crippen molar-refractivity contribution in [3.63, 3.8) is 0 Å². The first-order valence-electron chi connectivity index (χ1n) is 5.96. The molecule has 1 N–H and O–H groups in total. The second-order valence-electron chi connectivity index (χ2n) is 4.20. The molecule has 0 spiro atoms. The number of ketones is 1. The molecule has 0 aliphatic heterocycles. The molecular formula is C15H22O6. The Morgan fingerprint density at radius 1 is 1.24 bits per heavy atom. The Labute approximate surface area is 125 Å². The Kier molecular flexibility index (Phi) is 7.93. The van der Waals surface area contributed by atoms with Gasteiger partial charge >= 0.3 is 11.9 Å². The first-order valence-corrected chi connectivity index (χ1v) is 5.96. The number of aliphatic carboxylic acids is 1. The summed E-state index contributed by atoms with van der Waals surface area (Å²) >= 11 is 0. The van der Waals surface area contributed by atoms with Crippen molar-refractivity contribution < 1.29 is 30.4 Å². The van der Waals surface area contributed by atoms with Gasteiger partial charge in [0.1, 0.15) is 5.78 Å². The number of carbonyl (C=O) groups excluding carboxylic acids is 2. The topological polar surface area (TPSA) is 89.9 Å². The highest BCUT2D eigenvalue weighted by Gasteiger charge is 2.29. The summed E-state index contributed by atoms with van der Waals surface area (Å²) in [7, 11) is 1.32. The van der Waals surface area contributed by atoms with Crippen LogP contribution in [0, 0.1) is 0 Å². The summed E-state index contributed by atoms with van der Waals surface area (Å²) in [5.74, 6) is -2.58. The van der Waals surface area contributed by atoms with Crippen molar-refractivity contribution in [2.24, 2.45) is 0 Å². The van der Waals surface area contributed by atoms with Gasteiger partial charge < -0.3 is 14.6 Å². The molecule has 0 bridgehead atoms. The maximum absolute atomic E-state index is 11.9. The molecule has 0 radical (unpaired) electrons. The predicted molar refractivity (Wildman–Crippen MR) is 77.9 cm³/mol. The van der Waals surface area contributed by atoms with Gasteiger partial charge in [-0.25, -0.2) is 9.59 Å². The molecule has 0 aliphatic carbocycles. The van der Waals surface area contributed by atoms with Crippen LogP contribution in [0.2, 0.25) is 0 Å². The minimum atomic E-state index is -1.50. The Balaban J connectivity index is 0. The number of Topliss-reactive ketones (excluding diaryl/α,β-unsaturated/α-hetero) is 1. The Morgan fingerprint density at radius 3 is 2.24 bits per heavy atom. The van der Waals surface area contributed by atoms with Gasteiger partial charge in [0, 0.05) is 8.54 Å². The number of methoxy groups -OCH3 is 1. The molecule has 118 valence electrons. The van der Waals surface area contributed by atoms with Crippen molar-refractivity contribution in [1.29, 1.82) is 0 Å². The summed E-state index contributed by atoms with van der Waals surface area (Å²) in [6, 6.07) is 8.54. The van der Waals surface area contributed by atoms with Crippen molar-refractivity contribution in [1.82, 2.24) is 0 Å². The van der Waals surface area contributed by atoms with E-state index in [-0.39, 0.29) is 21.1 Å². The Morgan fingerprint density at radius 2 is 1.81 bits per heavy atom. The molecule has 1 rings (SSSR count). The van der Waals surface area contributed by atoms with E-state index in [9.17, 15) is 14.4 Å². The first kappa shape index (κ1) is 18.8. The predicted octanol–water partition coefficient (Wildman–Crippen LogP) is 2.23. The standard InChI is InChI=1S/C14H16O6.CH4.H2/c1-9(15)8-11(13(16)17)20-14(18)12(19-2)10-6-4-3-5-7-10;;/h3-7,11-12H,8H2,1-2H3,(H,16,17);1H4;1H/i;;1+1. The van der Waals surface area contributed by atoms with Crippen LogP contribution in [-0.2, 0) is 23.9 Å². The van der Waals surface area contributed by atoms with Gasteiger partial charge in [0.25, 0.3) is 0 Å². The van der Waals surface area contributed by atoms with Crippen molar-refractivity contribution in [3.8, 4) is 0 Å². The summed E-state index contributed by atoms with van der Waals surface area (Å²) in [5, 5.41) is 8.93. The van der Waals surface area contributed by atoms with Crippen LogP contribution in [-0.4, -0.2) is 36.0 Å². The lowest BCUT2D eigenvalue weighted by molar-refractivity contribution is -0.172. The number of carboxylic acid groups (broad SMARTS) is 1. The SMILES string of the molecule is C.COC(C(=O)OC(CC(C)=O)C(=O)O)c1ccccc1.[2HH]. The molecule has 0 saturated heterocycles. The Hall–Kier alpha value is -2.21. The molecule has 1 aromatic carbocycles. The highest BCUT2D eigenvalue weighted by atomic mass is 16.6. The van der Waals surface area contributed by atoms with Crippen molar-refractivity contribution in [2.45, 2.75) is 33.0 Å². The van der Waals surface area contributed by atoms with Gasteiger partial charge in [0.2, 0.25) is 6.10 Å². The van der Waals surface area contributed by atoms with E-state index in [1.165, 1.54) is 14.0 Å². The third-order valence-corrected chi connectivity index (χ3v) is 2.56. The molecule has 0 fully saturated rings. The fourth-order valence-electron chi connectivity index (χ4n) is 1.64. The van der Waals surface area contributed by atoms with Crippen LogP contribution in [0.5, 0.6) is 0 Å². The second kappa shape index (κ2) is 8.86. The van der Waals surface area contributed by atoms with Crippen LogP contribution in [0.3, 0.4) is 0 Å². The lowest BCUT2D eigenvalue weighted by Crippen LogP contribution is -2.31. The maximum atomic E-state index is 11.9. The number of ether oxygens (including phenoxy) is 2. The first-order chi connectivity index (χ1) is 9.45. The molecule has 21 heavy (non-hydrogen) atoms. The van der Waals surface area contributed by atoms with Gasteiger partial charge in [0.15, 0.2) is 6.10 Å². The minimum absolute atomic E-state index is 0. The quantitative estimate of drug-likeness (QED) is 0.776. The van der Waals surface area contributed by atoms with E-state index >= 15 is 0 Å². The zero-order chi connectivity index (χ0) is 15.1. The number of esters is 1. The van der Waals surface area contributed by atoms with E-state index in [0.29, 0.717) is 5.56 Å². The molecule has 0 saturated carbocycles. The van der Waals surface area contributed by atoms with Gasteiger partial charge in [-0.3, -0.25) is 4.79 Å². The number of carbonyl (C=O) groups is 3. The van der Waals surface area contributed by atoms with Gasteiger partial charge in [-0.1, -0.05) is 37.8 Å². The van der Waals surface area contributed by atoms with Crippen LogP contribution in [0.1, 0.15) is 33.9 Å². The van der Waals surface area contributed by atoms with E-state index in [4.69, 9.17) is 14.6 Å². The normalized spacial score (nSPS) is 12.7. The average Bonchev–Trinajstić information content (AvgIpc) is 2.39. The molecule has 6 nitrogen and oxygen atoms in total. The second-order valence-corrected chi connectivity index (χ2v) is 4.20. The number of hydrogen-bond acceptors (Lipinski definition) is 5. The van der Waals surface area contributed by atoms with Crippen molar-refractivity contribution >= 4 is 17.7 Å². The molecule has 0 heterocycles. The summed E-state index contributed by atoms with van der Waals surface area (Å²) in [6.07, 6.45) is -2.89. The number of carboxylic acids is 1. The zero-order valence-corrected chi connectivity index (χ0v) is 11.2. The van der Waals surface area contributed by atoms with Gasteiger partial charge in [0.05, 0.1) is 6.42 Å². The lowest BCUT2D eigenvalue weighted by atomic mass is 10.1. The van der Waals surface area contributed by atoms with E-state index in [1.807, 2.05) is 0 Å². The Bertz CT molecular complexity index is 488. The van der Waals surface area contributed by atoms with Gasteiger partial charge in [-0.05, 0) is 12.5 Å². The third-order valence-electron chi connectivity index (χ3n) is 2.56. The number of hydrogen-bond donors (Lipinski definition) is 1. The molecule has 6 heteroatoms. The summed E-state index contributed by atoms with van der Waals surface area (Å²) in [6.45, 7) is 1.23. The maximum Gasteiger partial charge on any atom is 0.345 e. The average molecular weight is 299 g/mol. The van der Waals surface area contributed by atoms with Crippen LogP contribution in [0.15, 0.2) is 30.3 Å². The fraction of sp³-hybridized carbons (Fsp3) is 0.400. The van der Waals surface area contributed by atoms with E-state index in [1.54, 1.807) is 30.3 Å². The fourth-order valence-corrected chi connectivity index (χ4v) is 1.64. The molecule has 0 amide bonds. The van der Waals surface area contributed by atoms with E-state index in [0.717, 1.165) is 0 Å². The number of rotatable bonds is 7. The monoisotopic (exact) mass is 299 g/mol. The van der Waals surface area contributed by atoms with Crippen LogP contribution in [0.25, 0.3) is 0 Å². The van der Waals surface area contributed by atoms with Gasteiger partial charge in [-0.2, -0.15) is 0 Å². The summed E-state index contributed by atoms with van der Waals surface area (Å²) in [4.78, 5) is 33.9. The zero-order valence-electron chi connectivity index (χ0n) is 11.2. The third kappa shape index (κ3) is 5.74. The van der Waals surface area contributed by atoms with Gasteiger partial charge in [-0.15, -0.1) is 0 Å². The van der Waals surface area contributed by atoms with Crippen LogP contribution < -0.4 is 0 Å². The molecule has 0 aliphatic rings. The number of benzene rings is 1. The van der Waals surface area contributed by atoms with Crippen LogP contribution >= 0.6 is 0 Å². The van der Waals surface area contributed by atoms with E-state index < -0.39 is 24.1 Å². The van der Waals surface area contributed by atoms with Crippen LogP contribution in [0.4, 0.5) is 0 Å². The molecule has 2 unspecified atom stereocenters. The largest absolute Gasteiger partial charge is 0.478 e. The minimum Gasteiger partial charge on any atom is -0.478 e. The van der Waals surface area contributed by atoms with Crippen molar-refractivity contribution in [2.75, 3.05) is 7.11 Å². The molecule has 2 atom stereocenters. The highest BCUT2D eigenvalue weighted by Crippen LogP contribution is 2.19. The van der Waals surface area contributed by atoms with E-state index in [2.05, 4.69) is 0 Å². The summed E-state index contributed by atoms with van der Waals surface area (Å²) in [5.41, 5.74) is 0.548. The smallest absolute Gasteiger partial charge is 0.345 e. The van der Waals surface area contributed by atoms with Crippen molar-refractivity contribution in [3.05, 3.63) is 35.9 Å².